The molecule has 2 N–H and O–H groups in total. The van der Waals surface area contributed by atoms with Gasteiger partial charge in [0, 0.05) is 23.7 Å². The number of ether oxygens (including phenoxy) is 2. The van der Waals surface area contributed by atoms with E-state index >= 15 is 0 Å². The van der Waals surface area contributed by atoms with Gasteiger partial charge in [0.2, 0.25) is 0 Å². The van der Waals surface area contributed by atoms with Gasteiger partial charge in [0.05, 0.1) is 14.2 Å². The molecule has 2 aliphatic rings. The van der Waals surface area contributed by atoms with Crippen LogP contribution in [0.4, 0.5) is 0 Å². The highest BCUT2D eigenvalue weighted by molar-refractivity contribution is 5.88. The second-order valence-corrected chi connectivity index (χ2v) is 6.48. The highest BCUT2D eigenvalue weighted by atomic mass is 16.5. The first-order valence-electron chi connectivity index (χ1n) is 8.09. The van der Waals surface area contributed by atoms with Gasteiger partial charge in [0.25, 0.3) is 0 Å². The van der Waals surface area contributed by atoms with Crippen molar-refractivity contribution in [1.82, 2.24) is 4.90 Å². The van der Waals surface area contributed by atoms with Crippen molar-refractivity contribution < 1.29 is 19.7 Å². The molecule has 0 aromatic heterocycles. The number of aromatic hydroxyl groups is 2. The van der Waals surface area contributed by atoms with Gasteiger partial charge in [0.15, 0.2) is 23.0 Å². The Hall–Kier alpha value is -2.40. The molecule has 126 valence electrons. The molecule has 0 saturated heterocycles. The summed E-state index contributed by atoms with van der Waals surface area (Å²) in [5.41, 5.74) is 5.08. The number of methoxy groups -OCH3 is 2. The Kier molecular flexibility index (Phi) is 3.35. The first-order valence-corrected chi connectivity index (χ1v) is 8.09. The van der Waals surface area contributed by atoms with Crippen molar-refractivity contribution in [3.63, 3.8) is 0 Å². The summed E-state index contributed by atoms with van der Waals surface area (Å²) in [6.07, 6.45) is 1.72. The summed E-state index contributed by atoms with van der Waals surface area (Å²) in [6.45, 7) is 0.952. The maximum Gasteiger partial charge on any atom is 0.168 e. The minimum absolute atomic E-state index is 0.0954. The van der Waals surface area contributed by atoms with Gasteiger partial charge in [-0.05, 0) is 48.7 Å². The molecular weight excluding hydrogens is 306 g/mol. The van der Waals surface area contributed by atoms with E-state index in [-0.39, 0.29) is 17.5 Å². The maximum absolute atomic E-state index is 10.5. The van der Waals surface area contributed by atoms with Crippen LogP contribution >= 0.6 is 0 Å². The van der Waals surface area contributed by atoms with Gasteiger partial charge in [0.1, 0.15) is 0 Å². The van der Waals surface area contributed by atoms with Crippen molar-refractivity contribution >= 4 is 0 Å². The quantitative estimate of drug-likeness (QED) is 0.888. The summed E-state index contributed by atoms with van der Waals surface area (Å²) in [5, 5.41) is 20.7. The fraction of sp³-hybridized carbons (Fsp3) is 0.368. The molecule has 5 nitrogen and oxygen atoms in total. The third-order valence-electron chi connectivity index (χ3n) is 5.28. The zero-order valence-corrected chi connectivity index (χ0v) is 14.1. The van der Waals surface area contributed by atoms with Gasteiger partial charge in [-0.25, -0.2) is 0 Å². The van der Waals surface area contributed by atoms with Crippen molar-refractivity contribution in [3.8, 4) is 34.1 Å². The molecule has 2 aromatic carbocycles. The minimum atomic E-state index is 0.0954. The molecule has 1 atom stereocenters. The van der Waals surface area contributed by atoms with E-state index in [0.717, 1.165) is 41.6 Å². The highest BCUT2D eigenvalue weighted by Gasteiger charge is 2.37. The predicted molar refractivity (Wildman–Crippen MR) is 91.1 cm³/mol. The lowest BCUT2D eigenvalue weighted by Gasteiger charge is -2.40. The lowest BCUT2D eigenvalue weighted by atomic mass is 9.76. The number of hydrogen-bond donors (Lipinski definition) is 2. The van der Waals surface area contributed by atoms with Gasteiger partial charge in [-0.2, -0.15) is 0 Å². The first kappa shape index (κ1) is 15.1. The van der Waals surface area contributed by atoms with Crippen LogP contribution in [0.2, 0.25) is 0 Å². The SMILES string of the molecule is COc1c(O)ccc2c1-c1c(OC)c(O)cc3c1[C@H](C2)N(C)CC3. The zero-order chi connectivity index (χ0) is 17.0. The average Bonchev–Trinajstić information content (AvgIpc) is 2.58. The number of hydrogen-bond acceptors (Lipinski definition) is 5. The lowest BCUT2D eigenvalue weighted by molar-refractivity contribution is 0.226. The molecule has 4 rings (SSSR count). The van der Waals surface area contributed by atoms with Crippen molar-refractivity contribution in [2.24, 2.45) is 0 Å². The maximum atomic E-state index is 10.5. The van der Waals surface area contributed by atoms with E-state index in [4.69, 9.17) is 9.47 Å². The summed E-state index contributed by atoms with van der Waals surface area (Å²) in [7, 11) is 5.23. The normalized spacial score (nSPS) is 18.7. The summed E-state index contributed by atoms with van der Waals surface area (Å²) in [4.78, 5) is 2.34. The largest absolute Gasteiger partial charge is 0.504 e. The molecule has 1 aliphatic heterocycles. The molecule has 0 bridgehead atoms. The second kappa shape index (κ2) is 5.31. The Morgan fingerprint density at radius 2 is 1.71 bits per heavy atom. The fourth-order valence-corrected chi connectivity index (χ4v) is 4.16. The smallest absolute Gasteiger partial charge is 0.168 e. The Labute approximate surface area is 141 Å². The molecule has 0 amide bonds. The number of phenols is 2. The number of benzene rings is 2. The number of likely N-dealkylation sites (N-methyl/N-ethyl adjacent to an activating group) is 1. The molecule has 1 aliphatic carbocycles. The van der Waals surface area contributed by atoms with E-state index in [9.17, 15) is 10.2 Å². The lowest BCUT2D eigenvalue weighted by Crippen LogP contribution is -2.35. The average molecular weight is 327 g/mol. The second-order valence-electron chi connectivity index (χ2n) is 6.48. The van der Waals surface area contributed by atoms with Gasteiger partial charge in [-0.1, -0.05) is 6.07 Å². The van der Waals surface area contributed by atoms with Crippen LogP contribution in [-0.4, -0.2) is 42.9 Å². The Morgan fingerprint density at radius 1 is 1.00 bits per heavy atom. The first-order chi connectivity index (χ1) is 11.6. The van der Waals surface area contributed by atoms with E-state index in [0.29, 0.717) is 11.5 Å². The monoisotopic (exact) mass is 327 g/mol. The Balaban J connectivity index is 2.13. The molecule has 5 heteroatoms. The summed E-state index contributed by atoms with van der Waals surface area (Å²) in [6, 6.07) is 5.65. The van der Waals surface area contributed by atoms with E-state index in [2.05, 4.69) is 11.9 Å². The van der Waals surface area contributed by atoms with Crippen LogP contribution in [0.25, 0.3) is 11.1 Å². The van der Waals surface area contributed by atoms with Gasteiger partial charge in [-0.15, -0.1) is 0 Å². The molecule has 24 heavy (non-hydrogen) atoms. The van der Waals surface area contributed by atoms with E-state index < -0.39 is 0 Å². The van der Waals surface area contributed by atoms with Crippen LogP contribution in [0.1, 0.15) is 22.7 Å². The van der Waals surface area contributed by atoms with Crippen LogP contribution in [0.3, 0.4) is 0 Å². The number of nitrogens with zero attached hydrogens (tertiary/aromatic N) is 1. The van der Waals surface area contributed by atoms with Crippen molar-refractivity contribution in [2.75, 3.05) is 27.8 Å². The third-order valence-corrected chi connectivity index (χ3v) is 5.28. The van der Waals surface area contributed by atoms with Gasteiger partial charge < -0.3 is 19.7 Å². The molecule has 0 radical (unpaired) electrons. The molecule has 0 unspecified atom stereocenters. The van der Waals surface area contributed by atoms with Crippen LogP contribution in [-0.2, 0) is 12.8 Å². The van der Waals surface area contributed by atoms with E-state index in [1.807, 2.05) is 12.1 Å². The van der Waals surface area contributed by atoms with E-state index in [1.165, 1.54) is 5.56 Å². The molecule has 0 fully saturated rings. The van der Waals surface area contributed by atoms with E-state index in [1.54, 1.807) is 20.3 Å². The van der Waals surface area contributed by atoms with Crippen LogP contribution in [0.15, 0.2) is 18.2 Å². The van der Waals surface area contributed by atoms with Gasteiger partial charge in [-0.3, -0.25) is 4.90 Å². The molecule has 0 spiro atoms. The fourth-order valence-electron chi connectivity index (χ4n) is 4.16. The summed E-state index contributed by atoms with van der Waals surface area (Å²) >= 11 is 0. The van der Waals surface area contributed by atoms with Crippen molar-refractivity contribution in [1.29, 1.82) is 0 Å². The zero-order valence-electron chi connectivity index (χ0n) is 14.1. The number of fused-ring (bicyclic) bond motifs is 2. The molecule has 1 heterocycles. The molecular formula is C19H21NO4. The predicted octanol–water partition coefficient (Wildman–Crippen LogP) is 2.87. The van der Waals surface area contributed by atoms with Crippen LogP contribution in [0, 0.1) is 0 Å². The third kappa shape index (κ3) is 1.91. The topological polar surface area (TPSA) is 62.2 Å². The Bertz CT molecular complexity index is 831. The van der Waals surface area contributed by atoms with Crippen molar-refractivity contribution in [3.05, 3.63) is 34.9 Å². The Morgan fingerprint density at radius 3 is 2.42 bits per heavy atom. The van der Waals surface area contributed by atoms with Crippen LogP contribution in [0.5, 0.6) is 23.0 Å². The number of phenolic OH excluding ortho intramolecular Hbond substituents is 2. The standard InChI is InChI=1S/C19H21NO4/c1-20-7-6-11-9-14(22)19(24-3)17-15(11)12(20)8-10-4-5-13(21)18(23-2)16(10)17/h4-5,9,12,21-22H,6-8H2,1-3H3/t12-/m0/s1. The highest BCUT2D eigenvalue weighted by Crippen LogP contribution is 2.55. The van der Waals surface area contributed by atoms with Crippen LogP contribution < -0.4 is 9.47 Å². The summed E-state index contributed by atoms with van der Waals surface area (Å²) in [5.74, 6) is 1.11. The molecule has 0 saturated carbocycles. The van der Waals surface area contributed by atoms with Crippen molar-refractivity contribution in [2.45, 2.75) is 18.9 Å². The summed E-state index contributed by atoms with van der Waals surface area (Å²) < 4.78 is 11.0. The molecule has 2 aromatic rings. The minimum Gasteiger partial charge on any atom is -0.504 e. The number of rotatable bonds is 2. The van der Waals surface area contributed by atoms with Gasteiger partial charge >= 0.3 is 0 Å².